The van der Waals surface area contributed by atoms with Crippen LogP contribution in [-0.4, -0.2) is 30.3 Å². The standard InChI is InChI=1S/C21H17ClF4N6O/c1-10-6-17(21(24,25)26)32-18(27-10)8-16(30-32)20(33)28-19-11(2)29-31(12(19)3)9-13-4-5-14(23)7-15(13)22/h4-8H,9H2,1-3H3,(H,28,33). The summed E-state index contributed by atoms with van der Waals surface area (Å²) in [5, 5.41) is 11.1. The zero-order chi connectivity index (χ0) is 24.1. The maximum Gasteiger partial charge on any atom is 0.433 e. The highest BCUT2D eigenvalue weighted by Gasteiger charge is 2.35. The van der Waals surface area contributed by atoms with Gasteiger partial charge < -0.3 is 5.32 Å². The van der Waals surface area contributed by atoms with Gasteiger partial charge in [0.1, 0.15) is 11.5 Å². The summed E-state index contributed by atoms with van der Waals surface area (Å²) in [5.41, 5.74) is 0.866. The zero-order valence-corrected chi connectivity index (χ0v) is 18.4. The van der Waals surface area contributed by atoms with Crippen molar-refractivity contribution in [1.82, 2.24) is 24.4 Å². The molecule has 12 heteroatoms. The lowest BCUT2D eigenvalue weighted by atomic mass is 10.2. The van der Waals surface area contributed by atoms with E-state index in [-0.39, 0.29) is 28.6 Å². The Hall–Kier alpha value is -3.47. The van der Waals surface area contributed by atoms with Gasteiger partial charge in [-0.2, -0.15) is 23.4 Å². The van der Waals surface area contributed by atoms with Crippen molar-refractivity contribution in [3.8, 4) is 0 Å². The van der Waals surface area contributed by atoms with Gasteiger partial charge in [-0.05, 0) is 44.5 Å². The number of nitrogens with zero attached hydrogens (tertiary/aromatic N) is 5. The second-order valence-corrected chi connectivity index (χ2v) is 7.88. The summed E-state index contributed by atoms with van der Waals surface area (Å²) >= 11 is 6.09. The Kier molecular flexibility index (Phi) is 5.61. The number of nitrogens with one attached hydrogen (secondary N) is 1. The molecule has 1 N–H and O–H groups in total. The fraction of sp³-hybridized carbons (Fsp3) is 0.238. The van der Waals surface area contributed by atoms with Gasteiger partial charge in [0.15, 0.2) is 11.3 Å². The zero-order valence-electron chi connectivity index (χ0n) is 17.6. The molecule has 0 aliphatic carbocycles. The average molecular weight is 481 g/mol. The summed E-state index contributed by atoms with van der Waals surface area (Å²) in [4.78, 5) is 16.8. The predicted molar refractivity (Wildman–Crippen MR) is 113 cm³/mol. The van der Waals surface area contributed by atoms with Crippen molar-refractivity contribution >= 4 is 28.8 Å². The lowest BCUT2D eigenvalue weighted by molar-refractivity contribution is -0.142. The number of anilines is 1. The van der Waals surface area contributed by atoms with E-state index >= 15 is 0 Å². The quantitative estimate of drug-likeness (QED) is 0.419. The number of alkyl halides is 3. The number of benzene rings is 1. The van der Waals surface area contributed by atoms with Gasteiger partial charge in [-0.1, -0.05) is 17.7 Å². The summed E-state index contributed by atoms with van der Waals surface area (Å²) in [6.07, 6.45) is -4.67. The molecule has 172 valence electrons. The Morgan fingerprint density at radius 3 is 2.52 bits per heavy atom. The van der Waals surface area contributed by atoms with Crippen molar-refractivity contribution in [2.75, 3.05) is 5.32 Å². The minimum atomic E-state index is -4.67. The SMILES string of the molecule is Cc1cc(C(F)(F)F)n2nc(C(=O)Nc3c(C)nn(Cc4ccc(F)cc4Cl)c3C)cc2n1. The van der Waals surface area contributed by atoms with Crippen LogP contribution < -0.4 is 5.32 Å². The van der Waals surface area contributed by atoms with Gasteiger partial charge in [0.25, 0.3) is 5.91 Å². The van der Waals surface area contributed by atoms with Gasteiger partial charge in [-0.3, -0.25) is 9.48 Å². The number of carbonyl (C=O) groups excluding carboxylic acids is 1. The second kappa shape index (κ2) is 8.14. The molecule has 3 heterocycles. The van der Waals surface area contributed by atoms with Crippen molar-refractivity contribution in [3.05, 3.63) is 75.2 Å². The van der Waals surface area contributed by atoms with Gasteiger partial charge in [-0.25, -0.2) is 13.9 Å². The van der Waals surface area contributed by atoms with E-state index in [1.807, 2.05) is 0 Å². The molecule has 0 unspecified atom stereocenters. The van der Waals surface area contributed by atoms with Crippen LogP contribution in [-0.2, 0) is 12.7 Å². The van der Waals surface area contributed by atoms with Gasteiger partial charge in [0.05, 0.1) is 23.6 Å². The monoisotopic (exact) mass is 480 g/mol. The van der Waals surface area contributed by atoms with E-state index in [1.165, 1.54) is 31.2 Å². The van der Waals surface area contributed by atoms with Gasteiger partial charge in [0, 0.05) is 16.8 Å². The highest BCUT2D eigenvalue weighted by atomic mass is 35.5. The minimum Gasteiger partial charge on any atom is -0.317 e. The number of rotatable bonds is 4. The minimum absolute atomic E-state index is 0.0948. The first-order chi connectivity index (χ1) is 15.4. The van der Waals surface area contributed by atoms with Crippen molar-refractivity contribution in [2.45, 2.75) is 33.5 Å². The molecule has 0 bridgehead atoms. The number of halogens is 5. The number of hydrogen-bond acceptors (Lipinski definition) is 4. The summed E-state index contributed by atoms with van der Waals surface area (Å²) in [5.74, 6) is -1.17. The van der Waals surface area contributed by atoms with Crippen LogP contribution in [0.1, 0.15) is 38.8 Å². The van der Waals surface area contributed by atoms with Gasteiger partial charge in [-0.15, -0.1) is 0 Å². The van der Waals surface area contributed by atoms with E-state index < -0.39 is 23.6 Å². The number of carbonyl (C=O) groups is 1. The largest absolute Gasteiger partial charge is 0.433 e. The summed E-state index contributed by atoms with van der Waals surface area (Å²) in [6.45, 7) is 5.04. The van der Waals surface area contributed by atoms with E-state index in [4.69, 9.17) is 11.6 Å². The normalized spacial score (nSPS) is 11.9. The molecule has 0 saturated carbocycles. The highest BCUT2D eigenvalue weighted by molar-refractivity contribution is 6.31. The van der Waals surface area contributed by atoms with Crippen LogP contribution in [0.4, 0.5) is 23.2 Å². The van der Waals surface area contributed by atoms with Crippen LogP contribution >= 0.6 is 11.6 Å². The molecule has 0 saturated heterocycles. The number of aryl methyl sites for hydroxylation is 2. The summed E-state index contributed by atoms with van der Waals surface area (Å²) in [6, 6.07) is 6.06. The molecular formula is C21H17ClF4N6O. The first-order valence-corrected chi connectivity index (χ1v) is 10.1. The Labute approximate surface area is 190 Å². The third kappa shape index (κ3) is 4.40. The summed E-state index contributed by atoms with van der Waals surface area (Å²) in [7, 11) is 0. The molecule has 0 spiro atoms. The molecule has 0 atom stereocenters. The molecule has 4 rings (SSSR count). The Balaban J connectivity index is 1.63. The van der Waals surface area contributed by atoms with Crippen LogP contribution in [0.25, 0.3) is 5.65 Å². The smallest absolute Gasteiger partial charge is 0.317 e. The van der Waals surface area contributed by atoms with Crippen LogP contribution in [0, 0.1) is 26.6 Å². The molecule has 7 nitrogen and oxygen atoms in total. The number of aromatic nitrogens is 5. The van der Waals surface area contributed by atoms with E-state index in [1.54, 1.807) is 18.5 Å². The molecule has 3 aromatic heterocycles. The van der Waals surface area contributed by atoms with Gasteiger partial charge in [0.2, 0.25) is 0 Å². The van der Waals surface area contributed by atoms with Crippen molar-refractivity contribution in [3.63, 3.8) is 0 Å². The number of amides is 1. The predicted octanol–water partition coefficient (Wildman–Crippen LogP) is 4.96. The van der Waals surface area contributed by atoms with E-state index in [2.05, 4.69) is 20.5 Å². The molecular weight excluding hydrogens is 464 g/mol. The highest BCUT2D eigenvalue weighted by Crippen LogP contribution is 2.30. The summed E-state index contributed by atoms with van der Waals surface area (Å²) < 4.78 is 55.6. The fourth-order valence-electron chi connectivity index (χ4n) is 3.43. The lowest BCUT2D eigenvalue weighted by Crippen LogP contribution is -2.16. The van der Waals surface area contributed by atoms with E-state index in [0.717, 1.165) is 6.07 Å². The average Bonchev–Trinajstić information content (AvgIpc) is 3.25. The Morgan fingerprint density at radius 1 is 1.12 bits per heavy atom. The third-order valence-corrected chi connectivity index (χ3v) is 5.39. The van der Waals surface area contributed by atoms with Crippen LogP contribution in [0.15, 0.2) is 30.3 Å². The molecule has 0 fully saturated rings. The molecule has 4 aromatic rings. The molecule has 0 aliphatic rings. The number of hydrogen-bond donors (Lipinski definition) is 1. The molecule has 1 aromatic carbocycles. The van der Waals surface area contributed by atoms with Gasteiger partial charge >= 0.3 is 6.18 Å². The fourth-order valence-corrected chi connectivity index (χ4v) is 3.66. The Bertz CT molecular complexity index is 1390. The second-order valence-electron chi connectivity index (χ2n) is 7.47. The van der Waals surface area contributed by atoms with Crippen molar-refractivity contribution in [2.24, 2.45) is 0 Å². The topological polar surface area (TPSA) is 77.1 Å². The molecule has 0 aliphatic heterocycles. The molecule has 33 heavy (non-hydrogen) atoms. The maximum atomic E-state index is 13.4. The van der Waals surface area contributed by atoms with Crippen molar-refractivity contribution in [1.29, 1.82) is 0 Å². The van der Waals surface area contributed by atoms with Crippen LogP contribution in [0.5, 0.6) is 0 Å². The maximum absolute atomic E-state index is 13.4. The first-order valence-electron chi connectivity index (χ1n) is 9.68. The third-order valence-electron chi connectivity index (χ3n) is 5.03. The first kappa shape index (κ1) is 22.7. The van der Waals surface area contributed by atoms with Crippen LogP contribution in [0.2, 0.25) is 5.02 Å². The Morgan fingerprint density at radius 2 is 1.85 bits per heavy atom. The molecule has 0 radical (unpaired) electrons. The van der Waals surface area contributed by atoms with Crippen molar-refractivity contribution < 1.29 is 22.4 Å². The van der Waals surface area contributed by atoms with Crippen LogP contribution in [0.3, 0.4) is 0 Å². The van der Waals surface area contributed by atoms with E-state index in [0.29, 0.717) is 27.2 Å². The number of fused-ring (bicyclic) bond motifs is 1. The lowest BCUT2D eigenvalue weighted by Gasteiger charge is -2.09. The van der Waals surface area contributed by atoms with E-state index in [9.17, 15) is 22.4 Å². The molecule has 1 amide bonds.